The Hall–Kier alpha value is -5.52. The number of ether oxygens (including phenoxy) is 3. The highest BCUT2D eigenvalue weighted by molar-refractivity contribution is 6.15. The molecule has 47 heavy (non-hydrogen) atoms. The summed E-state index contributed by atoms with van der Waals surface area (Å²) in [7, 11) is 3.34. The van der Waals surface area contributed by atoms with Gasteiger partial charge in [-0.15, -0.1) is 0 Å². The first-order valence-electron chi connectivity index (χ1n) is 15.9. The zero-order chi connectivity index (χ0) is 31.9. The number of aliphatic hydroxyl groups is 1. The molecule has 6 aromatic carbocycles. The maximum absolute atomic E-state index is 13.0. The minimum absolute atomic E-state index is 0.479. The monoisotopic (exact) mass is 616 g/mol. The Kier molecular flexibility index (Phi) is 5.90. The molecule has 0 spiro atoms. The van der Waals surface area contributed by atoms with E-state index in [-0.39, 0.29) is 0 Å². The average Bonchev–Trinajstić information content (AvgIpc) is 3.64. The Morgan fingerprint density at radius 3 is 1.91 bits per heavy atom. The summed E-state index contributed by atoms with van der Waals surface area (Å²) in [6, 6.07) is 36.6. The first-order valence-corrected chi connectivity index (χ1v) is 15.9. The van der Waals surface area contributed by atoms with Gasteiger partial charge in [-0.25, -0.2) is 0 Å². The van der Waals surface area contributed by atoms with E-state index < -0.39 is 11.2 Å². The Balaban J connectivity index is 1.35. The molecule has 1 aromatic heterocycles. The van der Waals surface area contributed by atoms with Gasteiger partial charge in [-0.2, -0.15) is 0 Å². The quantitative estimate of drug-likeness (QED) is 0.209. The van der Waals surface area contributed by atoms with E-state index in [0.717, 1.165) is 88.9 Å². The predicted molar refractivity (Wildman–Crippen MR) is 186 cm³/mol. The minimum Gasteiger partial charge on any atom is -0.497 e. The molecule has 1 aliphatic carbocycles. The summed E-state index contributed by atoms with van der Waals surface area (Å²) in [4.78, 5) is 0. The Morgan fingerprint density at radius 1 is 0.660 bits per heavy atom. The molecule has 5 nitrogen and oxygen atoms in total. The Labute approximate surface area is 272 Å². The normalized spacial score (nSPS) is 17.4. The van der Waals surface area contributed by atoms with Gasteiger partial charge in [-0.3, -0.25) is 0 Å². The molecule has 1 atom stereocenters. The Bertz CT molecular complexity index is 2350. The molecule has 0 fully saturated rings. The molecule has 0 bridgehead atoms. The molecule has 0 amide bonds. The predicted octanol–water partition coefficient (Wildman–Crippen LogP) is 9.73. The van der Waals surface area contributed by atoms with E-state index in [4.69, 9.17) is 18.6 Å². The lowest BCUT2D eigenvalue weighted by molar-refractivity contribution is 0.0816. The van der Waals surface area contributed by atoms with Crippen LogP contribution in [-0.4, -0.2) is 19.3 Å². The third kappa shape index (κ3) is 3.69. The van der Waals surface area contributed by atoms with Gasteiger partial charge in [0.1, 0.15) is 34.0 Å². The van der Waals surface area contributed by atoms with E-state index in [1.54, 1.807) is 14.2 Å². The van der Waals surface area contributed by atoms with Gasteiger partial charge in [0, 0.05) is 44.0 Å². The van der Waals surface area contributed by atoms with Gasteiger partial charge in [0.15, 0.2) is 5.60 Å². The lowest BCUT2D eigenvalue weighted by Crippen LogP contribution is -2.35. The second-order valence-electron chi connectivity index (χ2n) is 12.3. The van der Waals surface area contributed by atoms with Gasteiger partial charge >= 0.3 is 0 Å². The second-order valence-corrected chi connectivity index (χ2v) is 12.3. The van der Waals surface area contributed by atoms with Crippen LogP contribution in [0.25, 0.3) is 49.9 Å². The second kappa shape index (κ2) is 9.99. The van der Waals surface area contributed by atoms with Gasteiger partial charge in [0.25, 0.3) is 0 Å². The number of furan rings is 1. The van der Waals surface area contributed by atoms with Crippen LogP contribution in [0.5, 0.6) is 17.2 Å². The first kappa shape index (κ1) is 27.8. The van der Waals surface area contributed by atoms with Crippen molar-refractivity contribution in [3.63, 3.8) is 0 Å². The maximum atomic E-state index is 13.0. The number of benzene rings is 6. The zero-order valence-corrected chi connectivity index (χ0v) is 26.3. The lowest BCUT2D eigenvalue weighted by atomic mass is 9.79. The van der Waals surface area contributed by atoms with Crippen molar-refractivity contribution in [2.75, 3.05) is 14.2 Å². The number of hydrogen-bond acceptors (Lipinski definition) is 5. The molecule has 0 radical (unpaired) electrons. The molecule has 7 aromatic rings. The van der Waals surface area contributed by atoms with E-state index in [0.29, 0.717) is 6.42 Å². The molecule has 2 aliphatic rings. The lowest BCUT2D eigenvalue weighted by Gasteiger charge is -2.38. The third-order valence-electron chi connectivity index (χ3n) is 10.1. The largest absolute Gasteiger partial charge is 0.497 e. The highest BCUT2D eigenvalue weighted by atomic mass is 16.5. The van der Waals surface area contributed by atoms with Crippen LogP contribution >= 0.6 is 0 Å². The van der Waals surface area contributed by atoms with Crippen LogP contribution in [0, 0.1) is 0 Å². The summed E-state index contributed by atoms with van der Waals surface area (Å²) >= 11 is 0. The Morgan fingerprint density at radius 2 is 1.28 bits per heavy atom. The van der Waals surface area contributed by atoms with Crippen molar-refractivity contribution < 1.29 is 23.7 Å². The number of fused-ring (bicyclic) bond motifs is 12. The minimum atomic E-state index is -1.28. The van der Waals surface area contributed by atoms with Crippen LogP contribution in [0.15, 0.2) is 120 Å². The molecule has 9 rings (SSSR count). The topological polar surface area (TPSA) is 61.1 Å². The fourth-order valence-electron chi connectivity index (χ4n) is 7.89. The summed E-state index contributed by atoms with van der Waals surface area (Å²) < 4.78 is 24.7. The number of rotatable bonds is 5. The highest BCUT2D eigenvalue weighted by Gasteiger charge is 2.48. The summed E-state index contributed by atoms with van der Waals surface area (Å²) in [6.45, 7) is 2.05. The van der Waals surface area contributed by atoms with Crippen molar-refractivity contribution >= 4 is 38.8 Å². The summed E-state index contributed by atoms with van der Waals surface area (Å²) in [5.74, 6) is 2.28. The van der Waals surface area contributed by atoms with Crippen LogP contribution in [0.1, 0.15) is 41.2 Å². The van der Waals surface area contributed by atoms with Crippen LogP contribution in [-0.2, 0) is 11.2 Å². The average molecular weight is 617 g/mol. The van der Waals surface area contributed by atoms with Gasteiger partial charge in [0.2, 0.25) is 0 Å². The molecule has 1 unspecified atom stereocenters. The SMILES string of the molecule is CCC1(O)c2c3c(c4ccccc4c2-c2ccc4oc5ccccc5c4c21)OC(c1ccc(OC)cc1)(c1ccc(OC)cc1)C=C3. The molecule has 0 saturated carbocycles. The van der Waals surface area contributed by atoms with Crippen molar-refractivity contribution in [3.05, 3.63) is 143 Å². The van der Waals surface area contributed by atoms with Gasteiger partial charge < -0.3 is 23.7 Å². The maximum Gasteiger partial charge on any atom is 0.178 e. The smallest absolute Gasteiger partial charge is 0.178 e. The van der Waals surface area contributed by atoms with Crippen molar-refractivity contribution in [3.8, 4) is 28.4 Å². The first-order chi connectivity index (χ1) is 23.0. The van der Waals surface area contributed by atoms with E-state index in [1.807, 2.05) is 85.8 Å². The van der Waals surface area contributed by atoms with Crippen LogP contribution < -0.4 is 14.2 Å². The van der Waals surface area contributed by atoms with E-state index >= 15 is 0 Å². The van der Waals surface area contributed by atoms with Crippen molar-refractivity contribution in [1.29, 1.82) is 0 Å². The fraction of sp³-hybridized carbons (Fsp3) is 0.143. The van der Waals surface area contributed by atoms with Gasteiger partial charge in [0.05, 0.1) is 14.2 Å². The van der Waals surface area contributed by atoms with Gasteiger partial charge in [-0.05, 0) is 65.4 Å². The van der Waals surface area contributed by atoms with Crippen LogP contribution in [0.2, 0.25) is 0 Å². The van der Waals surface area contributed by atoms with Crippen molar-refractivity contribution in [2.45, 2.75) is 24.5 Å². The summed E-state index contributed by atoms with van der Waals surface area (Å²) in [5, 5.41) is 17.0. The zero-order valence-electron chi connectivity index (χ0n) is 26.3. The molecule has 2 heterocycles. The van der Waals surface area contributed by atoms with E-state index in [1.165, 1.54) is 0 Å². The van der Waals surface area contributed by atoms with Crippen molar-refractivity contribution in [2.24, 2.45) is 0 Å². The number of para-hydroxylation sites is 1. The third-order valence-corrected chi connectivity index (χ3v) is 10.1. The molecule has 0 saturated heterocycles. The fourth-order valence-corrected chi connectivity index (χ4v) is 7.89. The summed E-state index contributed by atoms with van der Waals surface area (Å²) in [5.41, 5.74) is 5.98. The van der Waals surface area contributed by atoms with Gasteiger partial charge in [-0.1, -0.05) is 85.8 Å². The standard InChI is InChI=1S/C42H32O5/c1-4-41(43)38-32(21-22-35-37(38)31-11-7-8-12-34(31)46-35)36-29-9-5-6-10-30(29)40-33(39(36)41)23-24-42(47-40,25-13-17-27(44-2)18-14-25)26-15-19-28(45-3)20-16-26/h5-24,43H,4H2,1-3H3. The van der Waals surface area contributed by atoms with E-state index in [2.05, 4.69) is 42.5 Å². The van der Waals surface area contributed by atoms with Crippen molar-refractivity contribution in [1.82, 2.24) is 0 Å². The molecule has 5 heteroatoms. The highest BCUT2D eigenvalue weighted by Crippen LogP contribution is 2.60. The number of methoxy groups -OCH3 is 2. The molecule has 1 aliphatic heterocycles. The summed E-state index contributed by atoms with van der Waals surface area (Å²) in [6.07, 6.45) is 4.75. The number of hydrogen-bond donors (Lipinski definition) is 1. The molecule has 230 valence electrons. The molecular weight excluding hydrogens is 584 g/mol. The molecular formula is C42H32O5. The van der Waals surface area contributed by atoms with Crippen LogP contribution in [0.3, 0.4) is 0 Å². The van der Waals surface area contributed by atoms with Crippen LogP contribution in [0.4, 0.5) is 0 Å². The molecule has 1 N–H and O–H groups in total. The van der Waals surface area contributed by atoms with E-state index in [9.17, 15) is 5.11 Å².